The van der Waals surface area contributed by atoms with Gasteiger partial charge in [0, 0.05) is 22.9 Å². The molecule has 0 amide bonds. The number of halogens is 1. The van der Waals surface area contributed by atoms with Crippen LogP contribution in [0.3, 0.4) is 0 Å². The van der Waals surface area contributed by atoms with Crippen LogP contribution in [0, 0.1) is 12.7 Å². The quantitative estimate of drug-likeness (QED) is 0.581. The van der Waals surface area contributed by atoms with Crippen LogP contribution in [0.25, 0.3) is 33.7 Å². The van der Waals surface area contributed by atoms with Crippen molar-refractivity contribution in [2.24, 2.45) is 0 Å². The van der Waals surface area contributed by atoms with E-state index in [1.165, 1.54) is 6.07 Å². The highest BCUT2D eigenvalue weighted by Gasteiger charge is 2.11. The number of nitrogens with zero attached hydrogens (tertiary/aromatic N) is 2. The lowest BCUT2D eigenvalue weighted by Gasteiger charge is -2.02. The van der Waals surface area contributed by atoms with Crippen LogP contribution >= 0.6 is 0 Å². The second kappa shape index (κ2) is 5.32. The summed E-state index contributed by atoms with van der Waals surface area (Å²) in [5, 5.41) is 0. The molecular formula is C19H14FN3. The Morgan fingerprint density at radius 2 is 1.70 bits per heavy atom. The third kappa shape index (κ3) is 2.38. The second-order valence-electron chi connectivity index (χ2n) is 5.48. The molecule has 0 radical (unpaired) electrons. The molecule has 0 saturated heterocycles. The zero-order chi connectivity index (χ0) is 15.8. The first-order chi connectivity index (χ1) is 11.2. The van der Waals surface area contributed by atoms with Crippen molar-refractivity contribution in [3.63, 3.8) is 0 Å². The number of fused-ring (bicyclic) bond motifs is 1. The molecule has 4 rings (SSSR count). The van der Waals surface area contributed by atoms with Crippen LogP contribution in [0.2, 0.25) is 0 Å². The standard InChI is InChI=1S/C19H14FN3/c1-12-6-2-3-7-14(12)18-22-17-10-13(11-21-19(17)23-18)15-8-4-5-9-16(15)20/h2-11H,1H3,(H,21,22,23). The van der Waals surface area contributed by atoms with Crippen molar-refractivity contribution in [1.82, 2.24) is 15.0 Å². The fraction of sp³-hybridized carbons (Fsp3) is 0.0526. The Labute approximate surface area is 132 Å². The van der Waals surface area contributed by atoms with Crippen LogP contribution in [-0.4, -0.2) is 15.0 Å². The molecule has 1 N–H and O–H groups in total. The fourth-order valence-corrected chi connectivity index (χ4v) is 2.71. The molecule has 0 bridgehead atoms. The molecule has 0 atom stereocenters. The highest BCUT2D eigenvalue weighted by atomic mass is 19.1. The highest BCUT2D eigenvalue weighted by molar-refractivity contribution is 5.81. The number of hydrogen-bond donors (Lipinski definition) is 1. The first-order valence-electron chi connectivity index (χ1n) is 7.39. The van der Waals surface area contributed by atoms with Crippen molar-refractivity contribution in [2.45, 2.75) is 6.92 Å². The van der Waals surface area contributed by atoms with Crippen LogP contribution < -0.4 is 0 Å². The molecule has 0 aliphatic carbocycles. The predicted octanol–water partition coefficient (Wildman–Crippen LogP) is 4.74. The topological polar surface area (TPSA) is 41.6 Å². The van der Waals surface area contributed by atoms with Gasteiger partial charge in [0.25, 0.3) is 0 Å². The van der Waals surface area contributed by atoms with E-state index in [0.717, 1.165) is 28.0 Å². The van der Waals surface area contributed by atoms with Gasteiger partial charge in [0.15, 0.2) is 5.65 Å². The van der Waals surface area contributed by atoms with Crippen LogP contribution in [0.1, 0.15) is 5.56 Å². The predicted molar refractivity (Wildman–Crippen MR) is 89.5 cm³/mol. The molecule has 23 heavy (non-hydrogen) atoms. The van der Waals surface area contributed by atoms with Gasteiger partial charge in [-0.1, -0.05) is 42.5 Å². The summed E-state index contributed by atoms with van der Waals surface area (Å²) in [7, 11) is 0. The maximum Gasteiger partial charge on any atom is 0.178 e. The number of nitrogens with one attached hydrogen (secondary N) is 1. The Balaban J connectivity index is 1.85. The van der Waals surface area contributed by atoms with Crippen molar-refractivity contribution >= 4 is 11.2 Å². The minimum absolute atomic E-state index is 0.257. The van der Waals surface area contributed by atoms with Gasteiger partial charge in [-0.05, 0) is 24.6 Å². The van der Waals surface area contributed by atoms with E-state index in [2.05, 4.69) is 15.0 Å². The third-order valence-electron chi connectivity index (χ3n) is 3.92. The Morgan fingerprint density at radius 3 is 2.48 bits per heavy atom. The number of hydrogen-bond acceptors (Lipinski definition) is 2. The minimum atomic E-state index is -0.257. The molecule has 2 heterocycles. The molecule has 2 aromatic carbocycles. The number of imidazole rings is 1. The van der Waals surface area contributed by atoms with E-state index in [1.54, 1.807) is 18.3 Å². The Kier molecular flexibility index (Phi) is 3.15. The summed E-state index contributed by atoms with van der Waals surface area (Å²) in [6.07, 6.45) is 1.66. The number of aromatic nitrogens is 3. The largest absolute Gasteiger partial charge is 0.337 e. The second-order valence-corrected chi connectivity index (χ2v) is 5.48. The van der Waals surface area contributed by atoms with E-state index < -0.39 is 0 Å². The Morgan fingerprint density at radius 1 is 0.957 bits per heavy atom. The van der Waals surface area contributed by atoms with Gasteiger partial charge in [-0.25, -0.2) is 14.4 Å². The molecule has 0 saturated carbocycles. The van der Waals surface area contributed by atoms with Crippen LogP contribution in [0.5, 0.6) is 0 Å². The summed E-state index contributed by atoms with van der Waals surface area (Å²) in [4.78, 5) is 12.2. The average molecular weight is 303 g/mol. The number of rotatable bonds is 2. The van der Waals surface area contributed by atoms with E-state index in [4.69, 9.17) is 0 Å². The van der Waals surface area contributed by atoms with E-state index in [9.17, 15) is 4.39 Å². The van der Waals surface area contributed by atoms with Gasteiger partial charge in [0.2, 0.25) is 0 Å². The lowest BCUT2D eigenvalue weighted by molar-refractivity contribution is 0.631. The van der Waals surface area contributed by atoms with Gasteiger partial charge in [-0.2, -0.15) is 0 Å². The summed E-state index contributed by atoms with van der Waals surface area (Å²) >= 11 is 0. The van der Waals surface area contributed by atoms with Gasteiger partial charge in [0.1, 0.15) is 11.6 Å². The summed E-state index contributed by atoms with van der Waals surface area (Å²) in [6, 6.07) is 16.6. The Hall–Kier alpha value is -3.01. The minimum Gasteiger partial charge on any atom is -0.337 e. The lowest BCUT2D eigenvalue weighted by atomic mass is 10.1. The van der Waals surface area contributed by atoms with E-state index in [0.29, 0.717) is 11.2 Å². The molecule has 0 spiro atoms. The van der Waals surface area contributed by atoms with Crippen molar-refractivity contribution < 1.29 is 4.39 Å². The number of H-pyrrole nitrogens is 1. The summed E-state index contributed by atoms with van der Waals surface area (Å²) in [5.74, 6) is 0.517. The summed E-state index contributed by atoms with van der Waals surface area (Å²) in [6.45, 7) is 2.04. The molecule has 4 heteroatoms. The fourth-order valence-electron chi connectivity index (χ4n) is 2.71. The molecule has 2 aromatic heterocycles. The average Bonchev–Trinajstić information content (AvgIpc) is 2.98. The number of pyridine rings is 1. The van der Waals surface area contributed by atoms with E-state index in [-0.39, 0.29) is 5.82 Å². The lowest BCUT2D eigenvalue weighted by Crippen LogP contribution is -1.85. The zero-order valence-corrected chi connectivity index (χ0v) is 12.5. The number of aromatic amines is 1. The van der Waals surface area contributed by atoms with Gasteiger partial charge < -0.3 is 4.98 Å². The first-order valence-corrected chi connectivity index (χ1v) is 7.39. The molecular weight excluding hydrogens is 289 g/mol. The van der Waals surface area contributed by atoms with E-state index in [1.807, 2.05) is 43.3 Å². The molecule has 3 nitrogen and oxygen atoms in total. The SMILES string of the molecule is Cc1ccccc1-c1nc2ncc(-c3ccccc3F)cc2[nH]1. The molecule has 0 unspecified atom stereocenters. The first kappa shape index (κ1) is 13.6. The highest BCUT2D eigenvalue weighted by Crippen LogP contribution is 2.27. The summed E-state index contributed by atoms with van der Waals surface area (Å²) < 4.78 is 13.9. The van der Waals surface area contributed by atoms with Gasteiger partial charge >= 0.3 is 0 Å². The zero-order valence-electron chi connectivity index (χ0n) is 12.5. The number of aryl methyl sites for hydroxylation is 1. The molecule has 0 fully saturated rings. The molecule has 0 aliphatic heterocycles. The maximum atomic E-state index is 13.9. The third-order valence-corrected chi connectivity index (χ3v) is 3.92. The monoisotopic (exact) mass is 303 g/mol. The normalized spacial score (nSPS) is 11.0. The van der Waals surface area contributed by atoms with Crippen LogP contribution in [0.15, 0.2) is 60.8 Å². The maximum absolute atomic E-state index is 13.9. The van der Waals surface area contributed by atoms with E-state index >= 15 is 0 Å². The van der Waals surface area contributed by atoms with Crippen molar-refractivity contribution in [3.8, 4) is 22.5 Å². The molecule has 112 valence electrons. The van der Waals surface area contributed by atoms with Gasteiger partial charge in [-0.15, -0.1) is 0 Å². The van der Waals surface area contributed by atoms with Gasteiger partial charge in [0.05, 0.1) is 5.52 Å². The van der Waals surface area contributed by atoms with Crippen molar-refractivity contribution in [1.29, 1.82) is 0 Å². The number of benzene rings is 2. The Bertz CT molecular complexity index is 961. The smallest absolute Gasteiger partial charge is 0.178 e. The van der Waals surface area contributed by atoms with Crippen molar-refractivity contribution in [3.05, 3.63) is 72.2 Å². The molecule has 4 aromatic rings. The van der Waals surface area contributed by atoms with Crippen LogP contribution in [-0.2, 0) is 0 Å². The molecule has 0 aliphatic rings. The van der Waals surface area contributed by atoms with Gasteiger partial charge in [-0.3, -0.25) is 0 Å². The van der Waals surface area contributed by atoms with Crippen LogP contribution in [0.4, 0.5) is 4.39 Å². The summed E-state index contributed by atoms with van der Waals surface area (Å²) in [5.41, 5.74) is 4.87. The van der Waals surface area contributed by atoms with Crippen molar-refractivity contribution in [2.75, 3.05) is 0 Å².